The van der Waals surface area contributed by atoms with Gasteiger partial charge in [-0.25, -0.2) is 4.99 Å². The van der Waals surface area contributed by atoms with Gasteiger partial charge in [-0.1, -0.05) is 41.9 Å². The van der Waals surface area contributed by atoms with Gasteiger partial charge in [0.15, 0.2) is 5.96 Å². The summed E-state index contributed by atoms with van der Waals surface area (Å²) in [5.41, 5.74) is 2.27. The maximum absolute atomic E-state index is 12.1. The second kappa shape index (κ2) is 10.6. The lowest BCUT2D eigenvalue weighted by molar-refractivity contribution is -0.119. The first-order chi connectivity index (χ1) is 13.0. The molecule has 0 radical (unpaired) electrons. The summed E-state index contributed by atoms with van der Waals surface area (Å²) in [4.78, 5) is 18.5. The molecular weight excluding hydrogens is 362 g/mol. The molecule has 0 aliphatic heterocycles. The van der Waals surface area contributed by atoms with Gasteiger partial charge in [0.25, 0.3) is 0 Å². The Hall–Kier alpha value is -2.47. The van der Waals surface area contributed by atoms with E-state index in [1.807, 2.05) is 60.9 Å². The van der Waals surface area contributed by atoms with Crippen LogP contribution in [0.5, 0.6) is 0 Å². The number of halogens is 1. The van der Waals surface area contributed by atoms with E-state index >= 15 is 0 Å². The first kappa shape index (κ1) is 20.8. The van der Waals surface area contributed by atoms with Crippen LogP contribution < -0.4 is 10.6 Å². The number of nitrogens with zero attached hydrogens (tertiary/aromatic N) is 3. The van der Waals surface area contributed by atoms with E-state index in [-0.39, 0.29) is 12.5 Å². The van der Waals surface area contributed by atoms with Crippen LogP contribution in [0.3, 0.4) is 0 Å². The van der Waals surface area contributed by atoms with Gasteiger partial charge in [-0.15, -0.1) is 0 Å². The van der Waals surface area contributed by atoms with E-state index in [9.17, 15) is 4.79 Å². The van der Waals surface area contributed by atoms with Crippen LogP contribution in [0.25, 0.3) is 0 Å². The van der Waals surface area contributed by atoms with E-state index in [1.54, 1.807) is 0 Å². The Balaban J connectivity index is 1.85. The van der Waals surface area contributed by atoms with Crippen LogP contribution in [0.2, 0.25) is 5.02 Å². The van der Waals surface area contributed by atoms with E-state index in [4.69, 9.17) is 11.6 Å². The molecule has 0 fully saturated rings. The van der Waals surface area contributed by atoms with Crippen LogP contribution in [0.4, 0.5) is 0 Å². The summed E-state index contributed by atoms with van der Waals surface area (Å²) in [6, 6.07) is 12.0. The standard InChI is InChI=1S/C20H28ClN5O/c1-4-22-20(26(3)15-18-12-17(21)14-25(18)2)24-13-19(27)23-11-10-16-8-6-5-7-9-16/h5-9,12,14H,4,10-11,13,15H2,1-3H3,(H,22,24)(H,23,27). The Morgan fingerprint density at radius 2 is 2.00 bits per heavy atom. The van der Waals surface area contributed by atoms with Crippen molar-refractivity contribution < 1.29 is 4.79 Å². The molecule has 0 spiro atoms. The predicted molar refractivity (Wildman–Crippen MR) is 111 cm³/mol. The number of benzene rings is 1. The lowest BCUT2D eigenvalue weighted by atomic mass is 10.1. The zero-order valence-corrected chi connectivity index (χ0v) is 17.0. The lowest BCUT2D eigenvalue weighted by Gasteiger charge is -2.22. The van der Waals surface area contributed by atoms with Gasteiger partial charge < -0.3 is 20.1 Å². The van der Waals surface area contributed by atoms with Gasteiger partial charge in [0, 0.05) is 39.1 Å². The van der Waals surface area contributed by atoms with Crippen molar-refractivity contribution in [3.8, 4) is 0 Å². The molecule has 146 valence electrons. The van der Waals surface area contributed by atoms with Crippen molar-refractivity contribution in [1.29, 1.82) is 0 Å². The molecule has 2 rings (SSSR count). The van der Waals surface area contributed by atoms with E-state index in [1.165, 1.54) is 5.56 Å². The highest BCUT2D eigenvalue weighted by Crippen LogP contribution is 2.14. The fourth-order valence-corrected chi connectivity index (χ4v) is 2.98. The molecule has 1 heterocycles. The molecule has 7 heteroatoms. The van der Waals surface area contributed by atoms with Gasteiger partial charge in [0.1, 0.15) is 6.54 Å². The number of hydrogen-bond donors (Lipinski definition) is 2. The molecule has 2 N–H and O–H groups in total. The molecule has 2 aromatic rings. The highest BCUT2D eigenvalue weighted by Gasteiger charge is 2.10. The maximum Gasteiger partial charge on any atom is 0.241 e. The smallest absolute Gasteiger partial charge is 0.241 e. The summed E-state index contributed by atoms with van der Waals surface area (Å²) < 4.78 is 1.98. The van der Waals surface area contributed by atoms with Crippen molar-refractivity contribution in [3.05, 3.63) is 58.9 Å². The minimum absolute atomic E-state index is 0.0864. The largest absolute Gasteiger partial charge is 0.357 e. The first-order valence-corrected chi connectivity index (χ1v) is 9.48. The fourth-order valence-electron chi connectivity index (χ4n) is 2.70. The average molecular weight is 390 g/mol. The number of hydrogen-bond acceptors (Lipinski definition) is 2. The molecule has 0 unspecified atom stereocenters. The van der Waals surface area contributed by atoms with Gasteiger partial charge in [-0.3, -0.25) is 4.79 Å². The van der Waals surface area contributed by atoms with Crippen LogP contribution in [-0.4, -0.2) is 48.0 Å². The zero-order chi connectivity index (χ0) is 19.6. The number of amides is 1. The van der Waals surface area contributed by atoms with Crippen LogP contribution in [0.15, 0.2) is 47.6 Å². The monoisotopic (exact) mass is 389 g/mol. The van der Waals surface area contributed by atoms with Crippen LogP contribution in [0.1, 0.15) is 18.2 Å². The Morgan fingerprint density at radius 3 is 2.63 bits per heavy atom. The van der Waals surface area contributed by atoms with Gasteiger partial charge in [-0.05, 0) is 25.0 Å². The summed E-state index contributed by atoms with van der Waals surface area (Å²) in [5, 5.41) is 6.84. The third-order valence-electron chi connectivity index (χ3n) is 4.12. The van der Waals surface area contributed by atoms with Crippen molar-refractivity contribution >= 4 is 23.5 Å². The minimum Gasteiger partial charge on any atom is -0.357 e. The Bertz CT molecular complexity index is 757. The van der Waals surface area contributed by atoms with Gasteiger partial charge in [0.05, 0.1) is 11.6 Å². The van der Waals surface area contributed by atoms with Crippen molar-refractivity contribution in [2.45, 2.75) is 19.9 Å². The van der Waals surface area contributed by atoms with Gasteiger partial charge in [0.2, 0.25) is 5.91 Å². The predicted octanol–water partition coefficient (Wildman–Crippen LogP) is 2.43. The van der Waals surface area contributed by atoms with E-state index in [0.29, 0.717) is 24.1 Å². The number of aliphatic imine (C=N–C) groups is 1. The third kappa shape index (κ3) is 6.98. The molecule has 1 aromatic carbocycles. The van der Waals surface area contributed by atoms with Gasteiger partial charge in [-0.2, -0.15) is 0 Å². The topological polar surface area (TPSA) is 61.7 Å². The summed E-state index contributed by atoms with van der Waals surface area (Å²) in [6.45, 7) is 4.07. The number of aryl methyl sites for hydroxylation is 1. The second-order valence-electron chi connectivity index (χ2n) is 6.37. The van der Waals surface area contributed by atoms with Crippen molar-refractivity contribution in [2.75, 3.05) is 26.7 Å². The molecule has 0 saturated heterocycles. The average Bonchev–Trinajstić information content (AvgIpc) is 2.96. The summed E-state index contributed by atoms with van der Waals surface area (Å²) in [5.74, 6) is 0.602. The van der Waals surface area contributed by atoms with Crippen LogP contribution in [-0.2, 0) is 24.8 Å². The molecule has 1 aromatic heterocycles. The zero-order valence-electron chi connectivity index (χ0n) is 16.2. The molecule has 6 nitrogen and oxygen atoms in total. The number of rotatable bonds is 8. The number of aromatic nitrogens is 1. The second-order valence-corrected chi connectivity index (χ2v) is 6.81. The Kier molecular flexibility index (Phi) is 8.20. The molecule has 0 aliphatic carbocycles. The van der Waals surface area contributed by atoms with Crippen molar-refractivity contribution in [1.82, 2.24) is 20.1 Å². The molecule has 27 heavy (non-hydrogen) atoms. The Labute approximate surface area is 166 Å². The Morgan fingerprint density at radius 1 is 1.26 bits per heavy atom. The third-order valence-corrected chi connectivity index (χ3v) is 4.33. The highest BCUT2D eigenvalue weighted by molar-refractivity contribution is 6.30. The number of carbonyl (C=O) groups is 1. The van der Waals surface area contributed by atoms with E-state index in [0.717, 1.165) is 18.7 Å². The molecule has 0 atom stereocenters. The van der Waals surface area contributed by atoms with Crippen molar-refractivity contribution in [3.63, 3.8) is 0 Å². The molecule has 0 aliphatic rings. The fraction of sp³-hybridized carbons (Fsp3) is 0.400. The molecule has 0 saturated carbocycles. The van der Waals surface area contributed by atoms with Crippen molar-refractivity contribution in [2.24, 2.45) is 12.0 Å². The summed E-state index contributed by atoms with van der Waals surface area (Å²) >= 11 is 6.05. The number of guanidine groups is 1. The quantitative estimate of drug-likeness (QED) is 0.538. The van der Waals surface area contributed by atoms with Crippen LogP contribution in [0, 0.1) is 0 Å². The lowest BCUT2D eigenvalue weighted by Crippen LogP contribution is -2.40. The summed E-state index contributed by atoms with van der Waals surface area (Å²) in [6.07, 6.45) is 2.68. The van der Waals surface area contributed by atoms with E-state index < -0.39 is 0 Å². The molecule has 0 bridgehead atoms. The van der Waals surface area contributed by atoms with Crippen LogP contribution >= 0.6 is 11.6 Å². The SMILES string of the molecule is CCNC(=NCC(=O)NCCc1ccccc1)N(C)Cc1cc(Cl)cn1C. The molecular formula is C20H28ClN5O. The van der Waals surface area contributed by atoms with E-state index in [2.05, 4.69) is 27.8 Å². The highest BCUT2D eigenvalue weighted by atomic mass is 35.5. The number of carbonyl (C=O) groups excluding carboxylic acids is 1. The minimum atomic E-state index is -0.0864. The normalized spacial score (nSPS) is 11.3. The first-order valence-electron chi connectivity index (χ1n) is 9.10. The summed E-state index contributed by atoms with van der Waals surface area (Å²) in [7, 11) is 3.90. The number of nitrogens with one attached hydrogen (secondary N) is 2. The molecule has 1 amide bonds. The maximum atomic E-state index is 12.1. The van der Waals surface area contributed by atoms with Gasteiger partial charge >= 0.3 is 0 Å².